The van der Waals surface area contributed by atoms with Crippen molar-refractivity contribution in [1.29, 1.82) is 0 Å². The molecule has 0 aliphatic heterocycles. The quantitative estimate of drug-likeness (QED) is 0.661. The van der Waals surface area contributed by atoms with Crippen LogP contribution in [0.2, 0.25) is 5.02 Å². The normalized spacial score (nSPS) is 11.5. The van der Waals surface area contributed by atoms with Crippen LogP contribution in [-0.2, 0) is 16.8 Å². The zero-order valence-corrected chi connectivity index (χ0v) is 14.3. The minimum atomic E-state index is -0.490. The lowest BCUT2D eigenvalue weighted by molar-refractivity contribution is 0.0823. The van der Waals surface area contributed by atoms with E-state index in [9.17, 15) is 4.39 Å². The van der Waals surface area contributed by atoms with E-state index in [4.69, 9.17) is 21.1 Å². The standard InChI is InChI=1S/C19H22ClFO2/c1-19(2,16-6-8-17(20)9-7-16)14-22-13-15-4-3-5-18(12-15)23-11-10-21/h3-9,12H,10-11,13-14H2,1-2H3. The van der Waals surface area contributed by atoms with Crippen molar-refractivity contribution in [3.63, 3.8) is 0 Å². The maximum atomic E-state index is 12.1. The highest BCUT2D eigenvalue weighted by Crippen LogP contribution is 2.25. The molecule has 0 N–H and O–H groups in total. The van der Waals surface area contributed by atoms with Gasteiger partial charge in [0.2, 0.25) is 0 Å². The molecule has 0 saturated carbocycles. The van der Waals surface area contributed by atoms with Crippen molar-refractivity contribution in [2.75, 3.05) is 19.9 Å². The van der Waals surface area contributed by atoms with Crippen molar-refractivity contribution in [3.8, 4) is 5.75 Å². The molecule has 0 unspecified atom stereocenters. The first-order valence-electron chi connectivity index (χ1n) is 7.63. The second-order valence-corrected chi connectivity index (χ2v) is 6.50. The molecule has 2 rings (SSSR count). The van der Waals surface area contributed by atoms with E-state index >= 15 is 0 Å². The average Bonchev–Trinajstić information content (AvgIpc) is 2.53. The topological polar surface area (TPSA) is 18.5 Å². The molecule has 0 saturated heterocycles. The molecule has 0 radical (unpaired) electrons. The number of hydrogen-bond acceptors (Lipinski definition) is 2. The van der Waals surface area contributed by atoms with Crippen molar-refractivity contribution in [2.45, 2.75) is 25.9 Å². The van der Waals surface area contributed by atoms with Crippen LogP contribution in [0, 0.1) is 0 Å². The molecule has 0 aliphatic rings. The summed E-state index contributed by atoms with van der Waals surface area (Å²) < 4.78 is 23.3. The third kappa shape index (κ3) is 5.52. The van der Waals surface area contributed by atoms with E-state index in [1.54, 1.807) is 0 Å². The van der Waals surface area contributed by atoms with Gasteiger partial charge in [0, 0.05) is 10.4 Å². The van der Waals surface area contributed by atoms with E-state index in [1.807, 2.05) is 48.5 Å². The highest BCUT2D eigenvalue weighted by atomic mass is 35.5. The Hall–Kier alpha value is -1.58. The lowest BCUT2D eigenvalue weighted by atomic mass is 9.86. The smallest absolute Gasteiger partial charge is 0.123 e. The maximum Gasteiger partial charge on any atom is 0.123 e. The molecule has 2 nitrogen and oxygen atoms in total. The summed E-state index contributed by atoms with van der Waals surface area (Å²) in [5, 5.41) is 0.732. The Balaban J connectivity index is 1.89. The Morgan fingerprint density at radius 2 is 1.83 bits per heavy atom. The number of benzene rings is 2. The van der Waals surface area contributed by atoms with Crippen LogP contribution in [0.15, 0.2) is 48.5 Å². The van der Waals surface area contributed by atoms with Crippen molar-refractivity contribution in [2.24, 2.45) is 0 Å². The molecule has 0 amide bonds. The molecule has 0 spiro atoms. The summed E-state index contributed by atoms with van der Waals surface area (Å²) in [6, 6.07) is 15.4. The number of halogens is 2. The van der Waals surface area contributed by atoms with Crippen LogP contribution < -0.4 is 4.74 Å². The van der Waals surface area contributed by atoms with Gasteiger partial charge in [-0.15, -0.1) is 0 Å². The summed E-state index contributed by atoms with van der Waals surface area (Å²) in [5.74, 6) is 0.667. The summed E-state index contributed by atoms with van der Waals surface area (Å²) in [6.07, 6.45) is 0. The van der Waals surface area contributed by atoms with Gasteiger partial charge < -0.3 is 9.47 Å². The highest BCUT2D eigenvalue weighted by Gasteiger charge is 2.20. The van der Waals surface area contributed by atoms with Gasteiger partial charge in [0.25, 0.3) is 0 Å². The van der Waals surface area contributed by atoms with Crippen LogP contribution in [0.25, 0.3) is 0 Å². The second-order valence-electron chi connectivity index (χ2n) is 6.07. The lowest BCUT2D eigenvalue weighted by Gasteiger charge is -2.25. The summed E-state index contributed by atoms with van der Waals surface area (Å²) in [7, 11) is 0. The first kappa shape index (κ1) is 17.8. The Bertz CT molecular complexity index is 611. The van der Waals surface area contributed by atoms with Crippen molar-refractivity contribution in [1.82, 2.24) is 0 Å². The van der Waals surface area contributed by atoms with Gasteiger partial charge in [-0.25, -0.2) is 4.39 Å². The Kier molecular flexibility index (Phi) is 6.43. The fourth-order valence-corrected chi connectivity index (χ4v) is 2.42. The highest BCUT2D eigenvalue weighted by molar-refractivity contribution is 6.30. The van der Waals surface area contributed by atoms with E-state index in [1.165, 1.54) is 5.56 Å². The average molecular weight is 337 g/mol. The third-order valence-corrected chi connectivity index (χ3v) is 3.85. The number of rotatable bonds is 8. The zero-order chi connectivity index (χ0) is 16.7. The SMILES string of the molecule is CC(C)(COCc1cccc(OCCF)c1)c1ccc(Cl)cc1. The van der Waals surface area contributed by atoms with Crippen LogP contribution in [0.1, 0.15) is 25.0 Å². The van der Waals surface area contributed by atoms with Gasteiger partial charge in [-0.2, -0.15) is 0 Å². The minimum absolute atomic E-state index is 0.0773. The van der Waals surface area contributed by atoms with Gasteiger partial charge >= 0.3 is 0 Å². The third-order valence-electron chi connectivity index (χ3n) is 3.60. The molecule has 4 heteroatoms. The minimum Gasteiger partial charge on any atom is -0.491 e. The van der Waals surface area contributed by atoms with E-state index in [0.29, 0.717) is 19.0 Å². The molecule has 23 heavy (non-hydrogen) atoms. The molecular weight excluding hydrogens is 315 g/mol. The number of alkyl halides is 1. The van der Waals surface area contributed by atoms with E-state index in [-0.39, 0.29) is 12.0 Å². The van der Waals surface area contributed by atoms with Crippen molar-refractivity contribution < 1.29 is 13.9 Å². The summed E-state index contributed by atoms with van der Waals surface area (Å²) in [6.45, 7) is 4.94. The van der Waals surface area contributed by atoms with Gasteiger partial charge in [0.1, 0.15) is 19.0 Å². The van der Waals surface area contributed by atoms with Crippen LogP contribution in [-0.4, -0.2) is 19.9 Å². The zero-order valence-electron chi connectivity index (χ0n) is 13.5. The van der Waals surface area contributed by atoms with Crippen molar-refractivity contribution in [3.05, 3.63) is 64.7 Å². The molecule has 2 aromatic carbocycles. The van der Waals surface area contributed by atoms with Crippen LogP contribution in [0.4, 0.5) is 4.39 Å². The van der Waals surface area contributed by atoms with Gasteiger partial charge in [-0.1, -0.05) is 49.7 Å². The molecular formula is C19H22ClFO2. The van der Waals surface area contributed by atoms with E-state index in [2.05, 4.69) is 13.8 Å². The molecule has 124 valence electrons. The second kappa shape index (κ2) is 8.32. The Morgan fingerprint density at radius 3 is 2.52 bits per heavy atom. The molecule has 0 aromatic heterocycles. The molecule has 0 atom stereocenters. The predicted octanol–water partition coefficient (Wildman–Crippen LogP) is 5.18. The van der Waals surface area contributed by atoms with Crippen LogP contribution >= 0.6 is 11.6 Å². The van der Waals surface area contributed by atoms with Crippen LogP contribution in [0.3, 0.4) is 0 Å². The lowest BCUT2D eigenvalue weighted by Crippen LogP contribution is -2.24. The van der Waals surface area contributed by atoms with Crippen molar-refractivity contribution >= 4 is 11.6 Å². The van der Waals surface area contributed by atoms with Gasteiger partial charge in [0.05, 0.1) is 13.2 Å². The largest absolute Gasteiger partial charge is 0.491 e. The first-order valence-corrected chi connectivity index (χ1v) is 8.00. The molecule has 0 bridgehead atoms. The van der Waals surface area contributed by atoms with Gasteiger partial charge in [0.15, 0.2) is 0 Å². The summed E-state index contributed by atoms with van der Waals surface area (Å²) >= 11 is 5.93. The summed E-state index contributed by atoms with van der Waals surface area (Å²) in [5.41, 5.74) is 2.09. The van der Waals surface area contributed by atoms with E-state index in [0.717, 1.165) is 10.6 Å². The maximum absolute atomic E-state index is 12.1. The number of ether oxygens (including phenoxy) is 2. The van der Waals surface area contributed by atoms with E-state index < -0.39 is 6.67 Å². The fourth-order valence-electron chi connectivity index (χ4n) is 2.29. The molecule has 0 aliphatic carbocycles. The number of hydrogen-bond donors (Lipinski definition) is 0. The Morgan fingerprint density at radius 1 is 1.09 bits per heavy atom. The molecule has 0 fully saturated rings. The fraction of sp³-hybridized carbons (Fsp3) is 0.368. The molecule has 0 heterocycles. The first-order chi connectivity index (χ1) is 11.0. The van der Waals surface area contributed by atoms with Crippen LogP contribution in [0.5, 0.6) is 5.75 Å². The van der Waals surface area contributed by atoms with Gasteiger partial charge in [-0.05, 0) is 35.4 Å². The Labute approximate surface area is 142 Å². The predicted molar refractivity (Wildman–Crippen MR) is 92.0 cm³/mol. The molecule has 2 aromatic rings. The summed E-state index contributed by atoms with van der Waals surface area (Å²) in [4.78, 5) is 0. The van der Waals surface area contributed by atoms with Gasteiger partial charge in [-0.3, -0.25) is 0 Å². The monoisotopic (exact) mass is 336 g/mol.